The van der Waals surface area contributed by atoms with Crippen molar-refractivity contribution in [2.75, 3.05) is 0 Å². The van der Waals surface area contributed by atoms with Crippen LogP contribution in [0.4, 0.5) is 0 Å². The molecule has 4 atom stereocenters. The van der Waals surface area contributed by atoms with E-state index in [1.807, 2.05) is 32.1 Å². The highest BCUT2D eigenvalue weighted by atomic mass is 16.1. The second-order valence-corrected chi connectivity index (χ2v) is 17.7. The van der Waals surface area contributed by atoms with Crippen LogP contribution in [0.2, 0.25) is 0 Å². The van der Waals surface area contributed by atoms with Crippen molar-refractivity contribution in [2.45, 2.75) is 171 Å². The molecule has 2 aliphatic carbocycles. The molecule has 332 valence electrons. The molecule has 2 N–H and O–H groups in total. The van der Waals surface area contributed by atoms with E-state index in [1.165, 1.54) is 29.6 Å². The van der Waals surface area contributed by atoms with Gasteiger partial charge >= 0.3 is 0 Å². The lowest BCUT2D eigenvalue weighted by Gasteiger charge is -2.28. The van der Waals surface area contributed by atoms with Crippen LogP contribution in [0.5, 0.6) is 0 Å². The largest absolute Gasteiger partial charge is 0.402 e. The predicted octanol–water partition coefficient (Wildman–Crippen LogP) is 16.7. The average molecular weight is 810 g/mol. The number of allylic oxidation sites excluding steroid dienone is 21. The van der Waals surface area contributed by atoms with Crippen molar-refractivity contribution in [3.63, 3.8) is 0 Å². The number of hydrogen-bond acceptors (Lipinski definition) is 3. The summed E-state index contributed by atoms with van der Waals surface area (Å²) in [4.78, 5) is 28.1. The quantitative estimate of drug-likeness (QED) is 0.0465. The number of ketones is 2. The highest BCUT2D eigenvalue weighted by Gasteiger charge is 2.36. The number of rotatable bonds is 29. The SMILES string of the molecule is C/C=C\CC=CC(C)CCC(CC(C/C(N)=C/C)C(=O)C(CCC/C=C\C(C)=C/C)CC(=O)CCCC(C)(C)C1=CCC=CC=C1)C1CC1.C=CC/C(=C/C=C\C)CC.[HH].[HH]. The summed E-state index contributed by atoms with van der Waals surface area (Å²) in [6, 6.07) is 0. The van der Waals surface area contributed by atoms with Crippen LogP contribution in [0, 0.1) is 35.0 Å². The maximum atomic E-state index is 14.5. The molecule has 0 aromatic rings. The monoisotopic (exact) mass is 810 g/mol. The maximum Gasteiger partial charge on any atom is 0.139 e. The van der Waals surface area contributed by atoms with E-state index >= 15 is 0 Å². The van der Waals surface area contributed by atoms with Crippen molar-refractivity contribution >= 4 is 11.6 Å². The zero-order valence-electron chi connectivity index (χ0n) is 39.3. The Morgan fingerprint density at radius 1 is 0.966 bits per heavy atom. The summed E-state index contributed by atoms with van der Waals surface area (Å²) in [5, 5.41) is 0. The number of unbranched alkanes of at least 4 members (excludes halogenated alkanes) is 1. The first-order chi connectivity index (χ1) is 28.3. The van der Waals surface area contributed by atoms with Crippen LogP contribution in [-0.2, 0) is 9.59 Å². The minimum atomic E-state index is -0.238. The van der Waals surface area contributed by atoms with Gasteiger partial charge in [0.15, 0.2) is 0 Å². The molecule has 3 nitrogen and oxygen atoms in total. The molecule has 3 heteroatoms. The number of nitrogens with two attached hydrogens (primary N) is 1. The fraction of sp³-hybridized carbons (Fsp3) is 0.571. The molecule has 2 rings (SSSR count). The third-order valence-corrected chi connectivity index (χ3v) is 12.2. The van der Waals surface area contributed by atoms with Crippen LogP contribution in [0.25, 0.3) is 0 Å². The van der Waals surface area contributed by atoms with Crippen LogP contribution in [0.3, 0.4) is 0 Å². The molecule has 0 bridgehead atoms. The second kappa shape index (κ2) is 32.1. The van der Waals surface area contributed by atoms with Crippen molar-refractivity contribution in [3.05, 3.63) is 132 Å². The molecule has 0 aromatic carbocycles. The van der Waals surface area contributed by atoms with E-state index in [1.54, 1.807) is 0 Å². The van der Waals surface area contributed by atoms with Gasteiger partial charge in [0.2, 0.25) is 0 Å². The molecule has 1 saturated carbocycles. The van der Waals surface area contributed by atoms with Gasteiger partial charge in [0.1, 0.15) is 11.6 Å². The van der Waals surface area contributed by atoms with E-state index in [0.29, 0.717) is 31.1 Å². The average Bonchev–Trinajstić information content (AvgIpc) is 4.10. The van der Waals surface area contributed by atoms with Crippen LogP contribution < -0.4 is 5.73 Å². The summed E-state index contributed by atoms with van der Waals surface area (Å²) in [5.74, 6) is 1.94. The van der Waals surface area contributed by atoms with E-state index in [-0.39, 0.29) is 31.7 Å². The lowest BCUT2D eigenvalue weighted by molar-refractivity contribution is -0.131. The molecule has 2 aliphatic rings. The first-order valence-corrected chi connectivity index (χ1v) is 23.3. The van der Waals surface area contributed by atoms with Crippen molar-refractivity contribution < 1.29 is 12.4 Å². The van der Waals surface area contributed by atoms with Gasteiger partial charge in [-0.15, -0.1) is 6.58 Å². The number of carbonyl (C=O) groups excluding carboxylic acids is 2. The van der Waals surface area contributed by atoms with Gasteiger partial charge in [-0.2, -0.15) is 0 Å². The molecular formula is C56H91NO2. The lowest BCUT2D eigenvalue weighted by atomic mass is 9.76. The fourth-order valence-corrected chi connectivity index (χ4v) is 7.88. The Balaban J connectivity index is 0. The van der Waals surface area contributed by atoms with Gasteiger partial charge in [-0.1, -0.05) is 142 Å². The van der Waals surface area contributed by atoms with Gasteiger partial charge in [-0.3, -0.25) is 9.59 Å². The number of hydrogen-bond donors (Lipinski definition) is 1. The van der Waals surface area contributed by atoms with Crippen LogP contribution >= 0.6 is 0 Å². The molecule has 0 spiro atoms. The van der Waals surface area contributed by atoms with Gasteiger partial charge in [0, 0.05) is 33.2 Å². The molecule has 0 heterocycles. The Morgan fingerprint density at radius 2 is 1.73 bits per heavy atom. The van der Waals surface area contributed by atoms with Gasteiger partial charge in [0.25, 0.3) is 0 Å². The molecule has 4 unspecified atom stereocenters. The van der Waals surface area contributed by atoms with E-state index in [2.05, 4.69) is 140 Å². The normalized spacial score (nSPS) is 17.6. The zero-order valence-corrected chi connectivity index (χ0v) is 39.3. The Kier molecular flexibility index (Phi) is 29.0. The van der Waals surface area contributed by atoms with Gasteiger partial charge < -0.3 is 5.73 Å². The lowest BCUT2D eigenvalue weighted by Crippen LogP contribution is -2.29. The summed E-state index contributed by atoms with van der Waals surface area (Å²) in [6.07, 6.45) is 52.1. The molecule has 59 heavy (non-hydrogen) atoms. The Morgan fingerprint density at radius 3 is 2.37 bits per heavy atom. The molecular weight excluding hydrogens is 719 g/mol. The summed E-state index contributed by atoms with van der Waals surface area (Å²) < 4.78 is 0. The van der Waals surface area contributed by atoms with Gasteiger partial charge in [-0.25, -0.2) is 0 Å². The highest BCUT2D eigenvalue weighted by molar-refractivity contribution is 5.89. The predicted molar refractivity (Wildman–Crippen MR) is 265 cm³/mol. The summed E-state index contributed by atoms with van der Waals surface area (Å²) in [7, 11) is 0. The van der Waals surface area contributed by atoms with E-state index in [0.717, 1.165) is 88.7 Å². The summed E-state index contributed by atoms with van der Waals surface area (Å²) >= 11 is 0. The van der Waals surface area contributed by atoms with Crippen molar-refractivity contribution in [2.24, 2.45) is 40.7 Å². The molecule has 0 amide bonds. The third-order valence-electron chi connectivity index (χ3n) is 12.2. The Labute approximate surface area is 367 Å². The Bertz CT molecular complexity index is 1540. The fourth-order valence-electron chi connectivity index (χ4n) is 7.88. The van der Waals surface area contributed by atoms with Crippen LogP contribution in [0.15, 0.2) is 132 Å². The van der Waals surface area contributed by atoms with Crippen molar-refractivity contribution in [3.8, 4) is 0 Å². The molecule has 1 fully saturated rings. The van der Waals surface area contributed by atoms with Crippen LogP contribution in [0.1, 0.15) is 174 Å². The summed E-state index contributed by atoms with van der Waals surface area (Å²) in [5.41, 5.74) is 11.3. The third kappa shape index (κ3) is 24.8. The standard InChI is InChI=1S/C46H71NO2.C10H16.2H2/c1-8-11-12-16-23-37(5)28-29-39(38-30-31-38)33-41(34-43(47)10-3)45(49)40(24-18-15-17-22-36(4)9-2)35-44(48)27-21-32-46(6,7)42-25-19-13-14-20-26-42;1-4-7-9-10(6-3)8-5-2;;/h8-11,13-14,16-17,19,22-23,25-26,37-41H,12,15,18,20-21,24,27-35,47H2,1-7H3;4-5,7,9H,2,6,8H2,1,3H3;2*1H/b11-8-,22-17-,23-16?,36-9-,43-10-;7-4-,10-9+;;. The minimum absolute atomic E-state index is 0. The smallest absolute Gasteiger partial charge is 0.139 e. The minimum Gasteiger partial charge on any atom is -0.402 e. The summed E-state index contributed by atoms with van der Waals surface area (Å²) in [6.45, 7) is 22.9. The topological polar surface area (TPSA) is 60.2 Å². The number of Topliss-reactive ketones (excluding diaryl/α,β-unsaturated/α-hetero) is 2. The molecule has 0 aliphatic heterocycles. The van der Waals surface area contributed by atoms with Gasteiger partial charge in [-0.05, 0) is 160 Å². The van der Waals surface area contributed by atoms with Gasteiger partial charge in [0.05, 0.1) is 0 Å². The maximum absolute atomic E-state index is 14.5. The first kappa shape index (κ1) is 53.3. The number of carbonyl (C=O) groups is 2. The van der Waals surface area contributed by atoms with E-state index in [4.69, 9.17) is 5.73 Å². The zero-order chi connectivity index (χ0) is 43.9. The molecule has 0 radical (unpaired) electrons. The molecule has 0 saturated heterocycles. The second-order valence-electron chi connectivity index (χ2n) is 17.7. The Hall–Kier alpha value is -3.72. The van der Waals surface area contributed by atoms with Crippen molar-refractivity contribution in [1.29, 1.82) is 0 Å². The van der Waals surface area contributed by atoms with E-state index in [9.17, 15) is 9.59 Å². The van der Waals surface area contributed by atoms with Crippen molar-refractivity contribution in [1.82, 2.24) is 0 Å². The highest BCUT2D eigenvalue weighted by Crippen LogP contribution is 2.44. The molecule has 0 aromatic heterocycles. The van der Waals surface area contributed by atoms with E-state index < -0.39 is 0 Å². The first-order valence-electron chi connectivity index (χ1n) is 23.3. The van der Waals surface area contributed by atoms with Crippen LogP contribution in [-0.4, -0.2) is 11.6 Å².